The van der Waals surface area contributed by atoms with Crippen LogP contribution in [0.25, 0.3) is 11.3 Å². The van der Waals surface area contributed by atoms with Crippen molar-refractivity contribution in [3.8, 4) is 11.3 Å². The predicted octanol–water partition coefficient (Wildman–Crippen LogP) is 4.75. The van der Waals surface area contributed by atoms with Crippen molar-refractivity contribution < 1.29 is 13.6 Å². The Morgan fingerprint density at radius 2 is 2.10 bits per heavy atom. The van der Waals surface area contributed by atoms with E-state index in [0.29, 0.717) is 23.4 Å². The number of aromatic amines is 1. The second kappa shape index (κ2) is 10.8. The van der Waals surface area contributed by atoms with Gasteiger partial charge in [0.25, 0.3) is 5.89 Å². The Balaban J connectivity index is 1.43. The quantitative estimate of drug-likeness (QED) is 0.270. The molecule has 0 fully saturated rings. The Bertz CT molecular complexity index is 1010. The minimum Gasteiger partial charge on any atom is -0.442 e. The summed E-state index contributed by atoms with van der Waals surface area (Å²) in [4.78, 5) is 27.3. The van der Waals surface area contributed by atoms with Gasteiger partial charge in [0, 0.05) is 30.7 Å². The molecule has 156 valence electrons. The number of nitrogens with two attached hydrogens (primary N) is 1. The van der Waals surface area contributed by atoms with Gasteiger partial charge in [-0.2, -0.15) is 0 Å². The Labute approximate surface area is 174 Å². The molecule has 7 nitrogen and oxygen atoms in total. The Morgan fingerprint density at radius 1 is 1.23 bits per heavy atom. The summed E-state index contributed by atoms with van der Waals surface area (Å²) in [6, 6.07) is 4.78. The average molecular weight is 409 g/mol. The number of nitrogens with zero attached hydrogens (tertiary/aromatic N) is 3. The van der Waals surface area contributed by atoms with Gasteiger partial charge in [0.05, 0.1) is 23.8 Å². The smallest absolute Gasteiger partial charge is 0.263 e. The molecule has 2 aromatic heterocycles. The van der Waals surface area contributed by atoms with Gasteiger partial charge in [-0.1, -0.05) is 12.8 Å². The predicted molar refractivity (Wildman–Crippen MR) is 113 cm³/mol. The monoisotopic (exact) mass is 409 g/mol. The van der Waals surface area contributed by atoms with Gasteiger partial charge in [-0.15, -0.1) is 0 Å². The second-order valence-corrected chi connectivity index (χ2v) is 6.75. The highest BCUT2D eigenvalue weighted by Gasteiger charge is 2.11. The molecule has 0 atom stereocenters. The highest BCUT2D eigenvalue weighted by Crippen LogP contribution is 2.25. The van der Waals surface area contributed by atoms with Crippen LogP contribution in [0.1, 0.15) is 48.6 Å². The zero-order valence-electron chi connectivity index (χ0n) is 16.6. The van der Waals surface area contributed by atoms with Crippen LogP contribution in [0.4, 0.5) is 10.1 Å². The minimum absolute atomic E-state index is 0.0646. The molecule has 3 aromatic rings. The Morgan fingerprint density at radius 3 is 2.87 bits per heavy atom. The number of rotatable bonds is 11. The van der Waals surface area contributed by atoms with Gasteiger partial charge in [0.2, 0.25) is 5.78 Å². The number of carbonyl (C=O) groups excluding carboxylic acids is 1. The molecule has 0 radical (unpaired) electrons. The zero-order chi connectivity index (χ0) is 21.2. The van der Waals surface area contributed by atoms with E-state index in [9.17, 15) is 9.18 Å². The van der Waals surface area contributed by atoms with Crippen LogP contribution in [0.2, 0.25) is 0 Å². The number of oxazole rings is 1. The van der Waals surface area contributed by atoms with Crippen molar-refractivity contribution in [1.29, 1.82) is 0 Å². The van der Waals surface area contributed by atoms with Gasteiger partial charge < -0.3 is 15.1 Å². The summed E-state index contributed by atoms with van der Waals surface area (Å²) in [5.74, 6) is 0.561. The molecular weight excluding hydrogens is 385 g/mol. The van der Waals surface area contributed by atoms with Gasteiger partial charge in [-0.05, 0) is 37.3 Å². The molecule has 8 heteroatoms. The first-order valence-electron chi connectivity index (χ1n) is 9.85. The summed E-state index contributed by atoms with van der Waals surface area (Å²) in [6.45, 7) is 0. The number of imidazole rings is 1. The lowest BCUT2D eigenvalue weighted by molar-refractivity contribution is 0.0945. The number of hydrogen-bond acceptors (Lipinski definition) is 6. The van der Waals surface area contributed by atoms with E-state index in [2.05, 4.69) is 19.9 Å². The lowest BCUT2D eigenvalue weighted by Crippen LogP contribution is -1.99. The number of hydrogen-bond donors (Lipinski definition) is 2. The maximum absolute atomic E-state index is 14.4. The molecule has 1 aromatic carbocycles. The fourth-order valence-electron chi connectivity index (χ4n) is 3.01. The van der Waals surface area contributed by atoms with Crippen molar-refractivity contribution in [2.45, 2.75) is 38.5 Å². The normalized spacial score (nSPS) is 11.6. The average Bonchev–Trinajstić information content (AvgIpc) is 3.43. The first kappa shape index (κ1) is 21.2. The van der Waals surface area contributed by atoms with Crippen molar-refractivity contribution in [2.75, 3.05) is 0 Å². The maximum Gasteiger partial charge on any atom is 0.263 e. The third kappa shape index (κ3) is 5.97. The summed E-state index contributed by atoms with van der Waals surface area (Å²) < 4.78 is 19.4. The molecule has 3 rings (SSSR count). The molecule has 3 N–H and O–H groups in total. The lowest BCUT2D eigenvalue weighted by atomic mass is 10.1. The van der Waals surface area contributed by atoms with Crippen LogP contribution in [0.3, 0.4) is 0 Å². The molecule has 2 heterocycles. The van der Waals surface area contributed by atoms with E-state index in [4.69, 9.17) is 10.2 Å². The molecule has 30 heavy (non-hydrogen) atoms. The van der Waals surface area contributed by atoms with E-state index < -0.39 is 0 Å². The molecule has 0 saturated heterocycles. The number of aliphatic imine (C=N–C) groups is 1. The van der Waals surface area contributed by atoms with Gasteiger partial charge in [-0.25, -0.2) is 14.4 Å². The zero-order valence-corrected chi connectivity index (χ0v) is 16.6. The van der Waals surface area contributed by atoms with Crippen LogP contribution in [0.15, 0.2) is 58.5 Å². The summed E-state index contributed by atoms with van der Waals surface area (Å²) in [7, 11) is 0. The van der Waals surface area contributed by atoms with Crippen molar-refractivity contribution >= 4 is 17.7 Å². The van der Waals surface area contributed by atoms with E-state index >= 15 is 0 Å². The van der Waals surface area contributed by atoms with E-state index in [0.717, 1.165) is 37.9 Å². The standard InChI is InChI=1S/C22H24FN5O2/c23-18-14-16(25-11-5-10-24)8-9-17(18)19-15-27-21(28-19)7-4-2-1-3-6-20(29)22-26-12-13-30-22/h5,8-15H,1-4,6-7,24H2,(H,27,28). The molecule has 0 bridgehead atoms. The number of H-pyrrole nitrogens is 1. The first-order chi connectivity index (χ1) is 14.7. The third-order valence-electron chi connectivity index (χ3n) is 4.53. The Hall–Kier alpha value is -3.55. The van der Waals surface area contributed by atoms with Gasteiger partial charge in [-0.3, -0.25) is 9.79 Å². The fraction of sp³-hybridized carbons (Fsp3) is 0.273. The van der Waals surface area contributed by atoms with Crippen molar-refractivity contribution in [3.63, 3.8) is 0 Å². The maximum atomic E-state index is 14.4. The molecule has 0 saturated carbocycles. The topological polar surface area (TPSA) is 110 Å². The van der Waals surface area contributed by atoms with Gasteiger partial charge in [0.15, 0.2) is 0 Å². The number of Topliss-reactive ketones (excluding diaryl/α,β-unsaturated/α-hetero) is 1. The van der Waals surface area contributed by atoms with Crippen molar-refractivity contribution in [1.82, 2.24) is 15.0 Å². The summed E-state index contributed by atoms with van der Waals surface area (Å²) in [5.41, 5.74) is 6.83. The van der Waals surface area contributed by atoms with Gasteiger partial charge in [0.1, 0.15) is 17.9 Å². The highest BCUT2D eigenvalue weighted by molar-refractivity contribution is 5.91. The molecule has 0 aliphatic heterocycles. The third-order valence-corrected chi connectivity index (χ3v) is 4.53. The van der Waals surface area contributed by atoms with E-state index in [1.807, 2.05) is 0 Å². The highest BCUT2D eigenvalue weighted by atomic mass is 19.1. The molecule has 0 spiro atoms. The first-order valence-corrected chi connectivity index (χ1v) is 9.85. The number of halogens is 1. The number of carbonyl (C=O) groups is 1. The molecule has 0 aliphatic carbocycles. The van der Waals surface area contributed by atoms with Crippen LogP contribution < -0.4 is 5.73 Å². The minimum atomic E-state index is -0.368. The number of nitrogens with one attached hydrogen (secondary N) is 1. The van der Waals surface area contributed by atoms with Crippen LogP contribution >= 0.6 is 0 Å². The van der Waals surface area contributed by atoms with Crippen LogP contribution in [-0.4, -0.2) is 26.9 Å². The SMILES string of the molecule is NC=CC=Nc1ccc(-c2cnc(CCCCCCC(=O)c3ncco3)[nH]2)c(F)c1. The van der Waals surface area contributed by atoms with E-state index in [-0.39, 0.29) is 17.5 Å². The molecule has 0 unspecified atom stereocenters. The van der Waals surface area contributed by atoms with Crippen LogP contribution in [-0.2, 0) is 6.42 Å². The summed E-state index contributed by atoms with van der Waals surface area (Å²) >= 11 is 0. The number of allylic oxidation sites excluding steroid dienone is 1. The number of aromatic nitrogens is 3. The van der Waals surface area contributed by atoms with E-state index in [1.54, 1.807) is 24.4 Å². The number of ketones is 1. The van der Waals surface area contributed by atoms with Crippen molar-refractivity contribution in [2.24, 2.45) is 10.7 Å². The second-order valence-electron chi connectivity index (χ2n) is 6.75. The number of unbranched alkanes of at least 4 members (excludes halogenated alkanes) is 3. The Kier molecular flexibility index (Phi) is 7.65. The summed E-state index contributed by atoms with van der Waals surface area (Å²) in [5, 5.41) is 0. The number of aryl methyl sites for hydroxylation is 1. The fourth-order valence-corrected chi connectivity index (χ4v) is 3.01. The van der Waals surface area contributed by atoms with Crippen LogP contribution in [0.5, 0.6) is 0 Å². The van der Waals surface area contributed by atoms with Crippen LogP contribution in [0, 0.1) is 5.82 Å². The summed E-state index contributed by atoms with van der Waals surface area (Å²) in [6.07, 6.45) is 13.8. The van der Waals surface area contributed by atoms with E-state index in [1.165, 1.54) is 30.9 Å². The van der Waals surface area contributed by atoms with Gasteiger partial charge >= 0.3 is 0 Å². The van der Waals surface area contributed by atoms with Crippen molar-refractivity contribution in [3.05, 3.63) is 66.7 Å². The lowest BCUT2D eigenvalue weighted by Gasteiger charge is -2.02. The molecular formula is C22H24FN5O2. The largest absolute Gasteiger partial charge is 0.442 e. The number of benzene rings is 1. The molecule has 0 amide bonds. The molecule has 0 aliphatic rings.